The predicted octanol–water partition coefficient (Wildman–Crippen LogP) is 2.22. The largest absolute Gasteiger partial charge is 0.486 e. The van der Waals surface area contributed by atoms with Crippen LogP contribution in [0, 0.1) is 11.6 Å². The van der Waals surface area contributed by atoms with E-state index in [1.165, 1.54) is 6.07 Å². The van der Waals surface area contributed by atoms with Gasteiger partial charge in [0.2, 0.25) is 0 Å². The van der Waals surface area contributed by atoms with Gasteiger partial charge < -0.3 is 10.2 Å². The summed E-state index contributed by atoms with van der Waals surface area (Å²) in [4.78, 5) is 3.93. The third-order valence-corrected chi connectivity index (χ3v) is 2.26. The molecule has 0 spiro atoms. The second-order valence-corrected chi connectivity index (χ2v) is 3.56. The normalized spacial score (nSPS) is 10.2. The number of hydrogen-bond donors (Lipinski definition) is 2. The number of rotatable bonds is 4. The predicted molar refractivity (Wildman–Crippen MR) is 62.7 cm³/mol. The number of hydrogen-bond acceptors (Lipinski definition) is 4. The standard InChI is InChI=1S/C12H11F2N3O/c13-9-1-2-11(10(14)6-9)18-7-8-3-4-16-12(5-8)17-15/h1-6H,7,15H2,(H,16,17). The second kappa shape index (κ2) is 5.42. The minimum absolute atomic E-state index is 0.00419. The maximum Gasteiger partial charge on any atom is 0.167 e. The third-order valence-electron chi connectivity index (χ3n) is 2.26. The molecule has 18 heavy (non-hydrogen) atoms. The van der Waals surface area contributed by atoms with Gasteiger partial charge in [0, 0.05) is 12.3 Å². The molecule has 0 saturated carbocycles. The molecule has 2 aromatic rings. The van der Waals surface area contributed by atoms with Gasteiger partial charge >= 0.3 is 0 Å². The Bertz CT molecular complexity index is 549. The highest BCUT2D eigenvalue weighted by Crippen LogP contribution is 2.19. The van der Waals surface area contributed by atoms with Crippen LogP contribution in [-0.4, -0.2) is 4.98 Å². The molecular formula is C12H11F2N3O. The number of halogens is 2. The fourth-order valence-corrected chi connectivity index (χ4v) is 1.40. The van der Waals surface area contributed by atoms with Gasteiger partial charge in [-0.05, 0) is 29.8 Å². The van der Waals surface area contributed by atoms with Crippen molar-refractivity contribution < 1.29 is 13.5 Å². The van der Waals surface area contributed by atoms with Crippen molar-refractivity contribution in [1.82, 2.24) is 4.98 Å². The molecule has 3 N–H and O–H groups in total. The zero-order valence-corrected chi connectivity index (χ0v) is 9.36. The van der Waals surface area contributed by atoms with Crippen molar-refractivity contribution in [3.05, 3.63) is 53.7 Å². The van der Waals surface area contributed by atoms with Crippen LogP contribution in [0.5, 0.6) is 5.75 Å². The molecule has 0 fully saturated rings. The molecule has 6 heteroatoms. The summed E-state index contributed by atoms with van der Waals surface area (Å²) in [6.45, 7) is 0.139. The van der Waals surface area contributed by atoms with Gasteiger partial charge in [-0.1, -0.05) is 0 Å². The molecule has 0 amide bonds. The van der Waals surface area contributed by atoms with Gasteiger partial charge in [-0.2, -0.15) is 0 Å². The number of ether oxygens (including phenoxy) is 1. The summed E-state index contributed by atoms with van der Waals surface area (Å²) < 4.78 is 31.2. The van der Waals surface area contributed by atoms with E-state index in [0.29, 0.717) is 5.82 Å². The van der Waals surface area contributed by atoms with Crippen molar-refractivity contribution in [1.29, 1.82) is 0 Å². The number of nitrogen functional groups attached to an aromatic ring is 1. The fraction of sp³-hybridized carbons (Fsp3) is 0.0833. The molecule has 0 aliphatic heterocycles. The van der Waals surface area contributed by atoms with Crippen molar-refractivity contribution >= 4 is 5.82 Å². The first-order chi connectivity index (χ1) is 8.69. The first-order valence-corrected chi connectivity index (χ1v) is 5.18. The van der Waals surface area contributed by atoms with Gasteiger partial charge in [0.05, 0.1) is 0 Å². The van der Waals surface area contributed by atoms with Gasteiger partial charge in [0.15, 0.2) is 11.6 Å². The number of aromatic nitrogens is 1. The van der Waals surface area contributed by atoms with Crippen LogP contribution in [0.4, 0.5) is 14.6 Å². The minimum atomic E-state index is -0.735. The quantitative estimate of drug-likeness (QED) is 0.646. The van der Waals surface area contributed by atoms with Crippen molar-refractivity contribution in [2.45, 2.75) is 6.61 Å². The van der Waals surface area contributed by atoms with Gasteiger partial charge in [0.25, 0.3) is 0 Å². The molecule has 0 aliphatic rings. The van der Waals surface area contributed by atoms with Gasteiger partial charge in [-0.25, -0.2) is 19.6 Å². The van der Waals surface area contributed by atoms with E-state index in [1.807, 2.05) is 0 Å². The van der Waals surface area contributed by atoms with Crippen LogP contribution in [-0.2, 0) is 6.61 Å². The Morgan fingerprint density at radius 1 is 1.22 bits per heavy atom. The Morgan fingerprint density at radius 3 is 2.78 bits per heavy atom. The molecule has 0 bridgehead atoms. The van der Waals surface area contributed by atoms with E-state index in [9.17, 15) is 8.78 Å². The SMILES string of the molecule is NNc1cc(COc2ccc(F)cc2F)ccn1. The lowest BCUT2D eigenvalue weighted by Gasteiger charge is -2.08. The minimum Gasteiger partial charge on any atom is -0.486 e. The molecule has 1 aromatic carbocycles. The molecule has 0 aliphatic carbocycles. The monoisotopic (exact) mass is 251 g/mol. The molecule has 1 heterocycles. The Balaban J connectivity index is 2.06. The average Bonchev–Trinajstić information content (AvgIpc) is 2.38. The van der Waals surface area contributed by atoms with Gasteiger partial charge in [-0.3, -0.25) is 0 Å². The maximum absolute atomic E-state index is 13.3. The molecule has 0 atom stereocenters. The summed E-state index contributed by atoms with van der Waals surface area (Å²) in [5, 5.41) is 0. The number of anilines is 1. The first kappa shape index (κ1) is 12.3. The van der Waals surface area contributed by atoms with Crippen LogP contribution in [0.3, 0.4) is 0 Å². The average molecular weight is 251 g/mol. The van der Waals surface area contributed by atoms with E-state index >= 15 is 0 Å². The highest BCUT2D eigenvalue weighted by Gasteiger charge is 2.05. The van der Waals surface area contributed by atoms with Crippen LogP contribution in [0.25, 0.3) is 0 Å². The summed E-state index contributed by atoms with van der Waals surface area (Å²) >= 11 is 0. The Kier molecular flexibility index (Phi) is 3.69. The highest BCUT2D eigenvalue weighted by molar-refractivity contribution is 5.36. The van der Waals surface area contributed by atoms with Gasteiger partial charge in [-0.15, -0.1) is 0 Å². The maximum atomic E-state index is 13.3. The molecular weight excluding hydrogens is 240 g/mol. The number of hydrazine groups is 1. The Labute approximate surface area is 102 Å². The smallest absolute Gasteiger partial charge is 0.167 e. The number of nitrogens with zero attached hydrogens (tertiary/aromatic N) is 1. The summed E-state index contributed by atoms with van der Waals surface area (Å²) in [6, 6.07) is 6.53. The lowest BCUT2D eigenvalue weighted by atomic mass is 10.2. The van der Waals surface area contributed by atoms with Crippen LogP contribution in [0.15, 0.2) is 36.5 Å². The van der Waals surface area contributed by atoms with E-state index < -0.39 is 11.6 Å². The van der Waals surface area contributed by atoms with Crippen molar-refractivity contribution in [2.75, 3.05) is 5.43 Å². The van der Waals surface area contributed by atoms with E-state index in [4.69, 9.17) is 10.6 Å². The van der Waals surface area contributed by atoms with Crippen molar-refractivity contribution in [2.24, 2.45) is 5.84 Å². The van der Waals surface area contributed by atoms with E-state index in [-0.39, 0.29) is 12.4 Å². The zero-order valence-electron chi connectivity index (χ0n) is 9.36. The molecule has 0 saturated heterocycles. The van der Waals surface area contributed by atoms with E-state index in [2.05, 4.69) is 10.4 Å². The Morgan fingerprint density at radius 2 is 2.06 bits per heavy atom. The van der Waals surface area contributed by atoms with E-state index in [0.717, 1.165) is 17.7 Å². The molecule has 2 rings (SSSR count). The lowest BCUT2D eigenvalue weighted by molar-refractivity contribution is 0.289. The second-order valence-electron chi connectivity index (χ2n) is 3.56. The van der Waals surface area contributed by atoms with Crippen LogP contribution in [0.1, 0.15) is 5.56 Å². The summed E-state index contributed by atoms with van der Waals surface area (Å²) in [7, 11) is 0. The Hall–Kier alpha value is -2.21. The zero-order chi connectivity index (χ0) is 13.0. The number of nitrogens with two attached hydrogens (primary N) is 1. The highest BCUT2D eigenvalue weighted by atomic mass is 19.1. The van der Waals surface area contributed by atoms with Gasteiger partial charge in [0.1, 0.15) is 18.2 Å². The van der Waals surface area contributed by atoms with Crippen LogP contribution < -0.4 is 16.0 Å². The summed E-state index contributed by atoms with van der Waals surface area (Å²) in [6.07, 6.45) is 1.55. The molecule has 4 nitrogen and oxygen atoms in total. The lowest BCUT2D eigenvalue weighted by Crippen LogP contribution is -2.09. The van der Waals surface area contributed by atoms with Crippen molar-refractivity contribution in [3.8, 4) is 5.75 Å². The fourth-order valence-electron chi connectivity index (χ4n) is 1.40. The molecule has 1 aromatic heterocycles. The molecule has 0 radical (unpaired) electrons. The molecule has 0 unspecified atom stereocenters. The summed E-state index contributed by atoms with van der Waals surface area (Å²) in [5.41, 5.74) is 3.16. The van der Waals surface area contributed by atoms with Crippen LogP contribution in [0.2, 0.25) is 0 Å². The third kappa shape index (κ3) is 2.92. The number of pyridine rings is 1. The first-order valence-electron chi connectivity index (χ1n) is 5.18. The van der Waals surface area contributed by atoms with E-state index in [1.54, 1.807) is 18.3 Å². The molecule has 94 valence electrons. The topological polar surface area (TPSA) is 60.2 Å². The van der Waals surface area contributed by atoms with Crippen molar-refractivity contribution in [3.63, 3.8) is 0 Å². The number of nitrogens with one attached hydrogen (secondary N) is 1. The summed E-state index contributed by atoms with van der Waals surface area (Å²) in [5.74, 6) is 4.31. The van der Waals surface area contributed by atoms with Crippen LogP contribution >= 0.6 is 0 Å². The number of benzene rings is 1.